The molecule has 0 spiro atoms. The lowest BCUT2D eigenvalue weighted by Gasteiger charge is -1.98. The quantitative estimate of drug-likeness (QED) is 0.557. The van der Waals surface area contributed by atoms with Crippen molar-refractivity contribution in [3.8, 4) is 0 Å². The van der Waals surface area contributed by atoms with E-state index in [1.165, 1.54) is 13.0 Å². The second kappa shape index (κ2) is 4.24. The van der Waals surface area contributed by atoms with E-state index >= 15 is 0 Å². The van der Waals surface area contributed by atoms with Crippen LogP contribution in [0.15, 0.2) is 23.9 Å². The Morgan fingerprint density at radius 3 is 2.71 bits per heavy atom. The monoisotopic (exact) mass is 211 g/mol. The molecule has 0 unspecified atom stereocenters. The highest BCUT2D eigenvalue weighted by molar-refractivity contribution is 6.31. The fourth-order valence-electron chi connectivity index (χ4n) is 0.993. The molecule has 0 aliphatic heterocycles. The van der Waals surface area contributed by atoms with Crippen LogP contribution in [-0.4, -0.2) is 4.92 Å². The molecule has 0 atom stereocenters. The summed E-state index contributed by atoms with van der Waals surface area (Å²) in [5.41, 5.74) is 1.81. The number of hydrogen-bond acceptors (Lipinski definition) is 2. The summed E-state index contributed by atoms with van der Waals surface area (Å²) in [7, 11) is 0. The van der Waals surface area contributed by atoms with Crippen molar-refractivity contribution < 1.29 is 4.92 Å². The minimum Gasteiger partial charge on any atom is -0.259 e. The predicted molar refractivity (Wildman–Crippen MR) is 56.8 cm³/mol. The molecular formula is C10H10ClNO2. The molecule has 0 aromatic heterocycles. The van der Waals surface area contributed by atoms with Crippen LogP contribution in [0, 0.1) is 17.0 Å². The minimum atomic E-state index is -0.423. The third-order valence-corrected chi connectivity index (χ3v) is 2.27. The van der Waals surface area contributed by atoms with Gasteiger partial charge in [-0.2, -0.15) is 0 Å². The highest BCUT2D eigenvalue weighted by atomic mass is 35.5. The van der Waals surface area contributed by atoms with Gasteiger partial charge in [0.1, 0.15) is 0 Å². The van der Waals surface area contributed by atoms with Crippen LogP contribution in [-0.2, 0) is 0 Å². The van der Waals surface area contributed by atoms with Crippen molar-refractivity contribution in [2.24, 2.45) is 0 Å². The first-order valence-corrected chi connectivity index (χ1v) is 4.47. The van der Waals surface area contributed by atoms with Gasteiger partial charge in [-0.25, -0.2) is 0 Å². The number of aryl methyl sites for hydroxylation is 1. The van der Waals surface area contributed by atoms with Gasteiger partial charge in [-0.15, -0.1) is 0 Å². The number of nitro groups is 1. The van der Waals surface area contributed by atoms with Gasteiger partial charge in [-0.3, -0.25) is 10.1 Å². The number of halogens is 1. The SMILES string of the molecule is C/C(=C/c1ccc(C)c(Cl)c1)[N+](=O)[O-]. The van der Waals surface area contributed by atoms with E-state index in [9.17, 15) is 10.1 Å². The third kappa shape index (κ3) is 2.57. The summed E-state index contributed by atoms with van der Waals surface area (Å²) in [6, 6.07) is 5.35. The topological polar surface area (TPSA) is 43.1 Å². The molecule has 0 N–H and O–H groups in total. The maximum absolute atomic E-state index is 10.4. The van der Waals surface area contributed by atoms with Crippen LogP contribution >= 0.6 is 11.6 Å². The number of nitrogens with zero attached hydrogens (tertiary/aromatic N) is 1. The highest BCUT2D eigenvalue weighted by Gasteiger charge is 2.02. The van der Waals surface area contributed by atoms with Crippen LogP contribution in [0.1, 0.15) is 18.1 Å². The van der Waals surface area contributed by atoms with Gasteiger partial charge < -0.3 is 0 Å². The Kier molecular flexibility index (Phi) is 3.25. The zero-order valence-electron chi connectivity index (χ0n) is 7.95. The van der Waals surface area contributed by atoms with E-state index in [4.69, 9.17) is 11.6 Å². The van der Waals surface area contributed by atoms with Crippen molar-refractivity contribution in [1.29, 1.82) is 0 Å². The van der Waals surface area contributed by atoms with Crippen molar-refractivity contribution in [2.75, 3.05) is 0 Å². The van der Waals surface area contributed by atoms with Gasteiger partial charge >= 0.3 is 0 Å². The number of allylic oxidation sites excluding steroid dienone is 1. The van der Waals surface area contributed by atoms with Crippen molar-refractivity contribution in [3.05, 3.63) is 50.2 Å². The summed E-state index contributed by atoms with van der Waals surface area (Å²) in [6.07, 6.45) is 1.49. The second-order valence-corrected chi connectivity index (χ2v) is 3.46. The summed E-state index contributed by atoms with van der Waals surface area (Å²) in [6.45, 7) is 3.34. The summed E-state index contributed by atoms with van der Waals surface area (Å²) in [5.74, 6) is 0. The summed E-state index contributed by atoms with van der Waals surface area (Å²) in [4.78, 5) is 9.94. The molecule has 14 heavy (non-hydrogen) atoms. The standard InChI is InChI=1S/C10H10ClNO2/c1-7-3-4-9(6-10(7)11)5-8(2)12(13)14/h3-6H,1-2H3/b8-5-. The van der Waals surface area contributed by atoms with E-state index in [2.05, 4.69) is 0 Å². The summed E-state index contributed by atoms with van der Waals surface area (Å²) < 4.78 is 0. The Bertz CT molecular complexity index is 399. The van der Waals surface area contributed by atoms with Crippen LogP contribution in [0.2, 0.25) is 5.02 Å². The van der Waals surface area contributed by atoms with Gasteiger partial charge in [0, 0.05) is 18.0 Å². The Morgan fingerprint density at radius 2 is 2.21 bits per heavy atom. The molecule has 1 aromatic rings. The van der Waals surface area contributed by atoms with E-state index in [1.54, 1.807) is 12.1 Å². The average molecular weight is 212 g/mol. The van der Waals surface area contributed by atoms with Crippen LogP contribution in [0.3, 0.4) is 0 Å². The van der Waals surface area contributed by atoms with Crippen molar-refractivity contribution in [3.63, 3.8) is 0 Å². The predicted octanol–water partition coefficient (Wildman–Crippen LogP) is 3.29. The van der Waals surface area contributed by atoms with Gasteiger partial charge in [-0.05, 0) is 24.1 Å². The molecule has 0 aliphatic carbocycles. The van der Waals surface area contributed by atoms with Gasteiger partial charge in [0.15, 0.2) is 0 Å². The minimum absolute atomic E-state index is 0.102. The zero-order chi connectivity index (χ0) is 10.7. The van der Waals surface area contributed by atoms with Crippen LogP contribution in [0.4, 0.5) is 0 Å². The lowest BCUT2D eigenvalue weighted by molar-refractivity contribution is -0.422. The molecule has 0 bridgehead atoms. The maximum atomic E-state index is 10.4. The van der Waals surface area contributed by atoms with Crippen molar-refractivity contribution in [1.82, 2.24) is 0 Å². The smallest absolute Gasteiger partial charge is 0.243 e. The van der Waals surface area contributed by atoms with Gasteiger partial charge in [0.25, 0.3) is 0 Å². The number of hydrogen-bond donors (Lipinski definition) is 0. The van der Waals surface area contributed by atoms with E-state index in [1.807, 2.05) is 13.0 Å². The van der Waals surface area contributed by atoms with Gasteiger partial charge in [0.05, 0.1) is 4.92 Å². The van der Waals surface area contributed by atoms with Crippen LogP contribution in [0.25, 0.3) is 6.08 Å². The van der Waals surface area contributed by atoms with Crippen molar-refractivity contribution >= 4 is 17.7 Å². The van der Waals surface area contributed by atoms with Crippen LogP contribution in [0.5, 0.6) is 0 Å². The first-order valence-electron chi connectivity index (χ1n) is 4.09. The molecule has 1 rings (SSSR count). The molecule has 0 amide bonds. The number of rotatable bonds is 2. The molecule has 0 fully saturated rings. The van der Waals surface area contributed by atoms with E-state index in [0.717, 1.165) is 11.1 Å². The zero-order valence-corrected chi connectivity index (χ0v) is 8.71. The van der Waals surface area contributed by atoms with Crippen LogP contribution < -0.4 is 0 Å². The molecule has 1 aromatic carbocycles. The normalized spacial score (nSPS) is 11.5. The first-order chi connectivity index (χ1) is 6.50. The van der Waals surface area contributed by atoms with Crippen molar-refractivity contribution in [2.45, 2.75) is 13.8 Å². The molecule has 4 heteroatoms. The number of benzene rings is 1. The summed E-state index contributed by atoms with van der Waals surface area (Å²) >= 11 is 5.88. The Hall–Kier alpha value is -1.35. The first kappa shape index (κ1) is 10.7. The Labute approximate surface area is 87.2 Å². The molecule has 0 heterocycles. The van der Waals surface area contributed by atoms with Gasteiger partial charge in [-0.1, -0.05) is 23.7 Å². The fourth-order valence-corrected chi connectivity index (χ4v) is 1.18. The molecule has 0 saturated carbocycles. The summed E-state index contributed by atoms with van der Waals surface area (Å²) in [5, 5.41) is 11.0. The molecule has 3 nitrogen and oxygen atoms in total. The van der Waals surface area contributed by atoms with E-state index in [-0.39, 0.29) is 5.70 Å². The largest absolute Gasteiger partial charge is 0.259 e. The third-order valence-electron chi connectivity index (χ3n) is 1.86. The fraction of sp³-hybridized carbons (Fsp3) is 0.200. The Morgan fingerprint density at radius 1 is 1.57 bits per heavy atom. The van der Waals surface area contributed by atoms with E-state index < -0.39 is 4.92 Å². The molecular weight excluding hydrogens is 202 g/mol. The average Bonchev–Trinajstić information content (AvgIpc) is 2.11. The lowest BCUT2D eigenvalue weighted by Crippen LogP contribution is -1.92. The van der Waals surface area contributed by atoms with E-state index in [0.29, 0.717) is 5.02 Å². The maximum Gasteiger partial charge on any atom is 0.243 e. The van der Waals surface area contributed by atoms with Gasteiger partial charge in [0.2, 0.25) is 5.70 Å². The second-order valence-electron chi connectivity index (χ2n) is 3.05. The lowest BCUT2D eigenvalue weighted by atomic mass is 10.1. The molecule has 0 radical (unpaired) electrons. The Balaban J connectivity index is 3.04. The molecule has 0 saturated heterocycles. The molecule has 74 valence electrons. The molecule has 0 aliphatic rings. The highest BCUT2D eigenvalue weighted by Crippen LogP contribution is 2.18.